The molecule has 3 aromatic rings. The van der Waals surface area contributed by atoms with Crippen molar-refractivity contribution in [3.8, 4) is 0 Å². The number of amides is 3. The SMILES string of the molecule is O=C(Cn1[nH]c(=O)c2ccccc2c1=O)NCCN1C(=O)SC(=Cc2cccnc2)C1=O. The smallest absolute Gasteiger partial charge is 0.293 e. The second-order valence-corrected chi connectivity index (χ2v) is 7.84. The number of rotatable bonds is 6. The van der Waals surface area contributed by atoms with Crippen LogP contribution in [0.5, 0.6) is 0 Å². The zero-order valence-corrected chi connectivity index (χ0v) is 17.4. The van der Waals surface area contributed by atoms with E-state index < -0.39 is 34.7 Å². The first-order valence-corrected chi connectivity index (χ1v) is 10.4. The van der Waals surface area contributed by atoms with E-state index in [0.29, 0.717) is 5.56 Å². The van der Waals surface area contributed by atoms with Crippen molar-refractivity contribution in [2.45, 2.75) is 6.54 Å². The van der Waals surface area contributed by atoms with E-state index in [4.69, 9.17) is 0 Å². The van der Waals surface area contributed by atoms with Crippen molar-refractivity contribution < 1.29 is 14.4 Å². The number of fused-ring (bicyclic) bond motifs is 1. The van der Waals surface area contributed by atoms with Crippen molar-refractivity contribution in [3.63, 3.8) is 0 Å². The summed E-state index contributed by atoms with van der Waals surface area (Å²) in [5.74, 6) is -0.996. The predicted molar refractivity (Wildman–Crippen MR) is 119 cm³/mol. The van der Waals surface area contributed by atoms with E-state index in [1.54, 1.807) is 42.7 Å². The van der Waals surface area contributed by atoms with Gasteiger partial charge < -0.3 is 5.32 Å². The number of aromatic nitrogens is 3. The van der Waals surface area contributed by atoms with E-state index in [0.717, 1.165) is 21.3 Å². The molecule has 0 unspecified atom stereocenters. The Hall–Kier alpha value is -3.99. The van der Waals surface area contributed by atoms with Gasteiger partial charge in [-0.25, -0.2) is 4.68 Å². The van der Waals surface area contributed by atoms with Crippen LogP contribution in [0.2, 0.25) is 0 Å². The molecule has 1 aromatic carbocycles. The van der Waals surface area contributed by atoms with Gasteiger partial charge in [-0.05, 0) is 41.6 Å². The number of H-pyrrole nitrogens is 1. The summed E-state index contributed by atoms with van der Waals surface area (Å²) >= 11 is 0.816. The third-order valence-corrected chi connectivity index (χ3v) is 5.61. The second-order valence-electron chi connectivity index (χ2n) is 6.85. The highest BCUT2D eigenvalue weighted by molar-refractivity contribution is 8.18. The normalized spacial score (nSPS) is 15.0. The van der Waals surface area contributed by atoms with E-state index in [1.807, 2.05) is 0 Å². The highest BCUT2D eigenvalue weighted by Gasteiger charge is 2.34. The minimum absolute atomic E-state index is 0.00358. The number of carbonyl (C=O) groups is 3. The van der Waals surface area contributed by atoms with Crippen LogP contribution in [0.4, 0.5) is 4.79 Å². The molecule has 0 saturated carbocycles. The molecule has 0 spiro atoms. The molecule has 1 fully saturated rings. The number of imide groups is 1. The van der Waals surface area contributed by atoms with Crippen LogP contribution in [-0.4, -0.2) is 49.8 Å². The average Bonchev–Trinajstić information content (AvgIpc) is 3.05. The van der Waals surface area contributed by atoms with Crippen molar-refractivity contribution in [2.75, 3.05) is 13.1 Å². The Morgan fingerprint density at radius 3 is 2.62 bits per heavy atom. The van der Waals surface area contributed by atoms with Crippen molar-refractivity contribution in [1.29, 1.82) is 0 Å². The Morgan fingerprint density at radius 1 is 1.09 bits per heavy atom. The summed E-state index contributed by atoms with van der Waals surface area (Å²) in [4.78, 5) is 66.8. The van der Waals surface area contributed by atoms with Gasteiger partial charge in [0.15, 0.2) is 0 Å². The highest BCUT2D eigenvalue weighted by atomic mass is 32.2. The summed E-state index contributed by atoms with van der Waals surface area (Å²) in [6.45, 7) is -0.421. The van der Waals surface area contributed by atoms with Crippen molar-refractivity contribution in [3.05, 3.63) is 80.0 Å². The molecule has 0 aliphatic carbocycles. The molecule has 10 nitrogen and oxygen atoms in total. The van der Waals surface area contributed by atoms with Crippen LogP contribution in [0, 0.1) is 0 Å². The number of nitrogens with one attached hydrogen (secondary N) is 2. The van der Waals surface area contributed by atoms with Crippen LogP contribution in [0.15, 0.2) is 63.3 Å². The fraction of sp³-hybridized carbons (Fsp3) is 0.143. The largest absolute Gasteiger partial charge is 0.353 e. The molecule has 2 N–H and O–H groups in total. The number of hydrogen-bond donors (Lipinski definition) is 2. The number of hydrogen-bond acceptors (Lipinski definition) is 7. The molecule has 2 aromatic heterocycles. The molecular weight excluding hydrogens is 434 g/mol. The maximum Gasteiger partial charge on any atom is 0.293 e. The van der Waals surface area contributed by atoms with E-state index in [1.165, 1.54) is 12.1 Å². The predicted octanol–water partition coefficient (Wildman–Crippen LogP) is 0.937. The van der Waals surface area contributed by atoms with E-state index >= 15 is 0 Å². The quantitative estimate of drug-likeness (QED) is 0.533. The summed E-state index contributed by atoms with van der Waals surface area (Å²) < 4.78 is 0.927. The topological polar surface area (TPSA) is 134 Å². The standard InChI is InChI=1S/C21H17N5O5S/c27-17(12-26-19(29)15-6-2-1-5-14(15)18(28)24-26)23-8-9-25-20(30)16(32-21(25)31)10-13-4-3-7-22-11-13/h1-7,10-11H,8-9,12H2,(H,23,27)(H,24,28). The monoisotopic (exact) mass is 451 g/mol. The molecule has 3 heterocycles. The third kappa shape index (κ3) is 4.37. The zero-order chi connectivity index (χ0) is 22.7. The summed E-state index contributed by atoms with van der Waals surface area (Å²) in [5, 5.41) is 4.95. The number of carbonyl (C=O) groups excluding carboxylic acids is 3. The number of pyridine rings is 1. The fourth-order valence-corrected chi connectivity index (χ4v) is 4.04. The van der Waals surface area contributed by atoms with Gasteiger partial charge in [0.25, 0.3) is 22.3 Å². The van der Waals surface area contributed by atoms with E-state index in [9.17, 15) is 24.0 Å². The van der Waals surface area contributed by atoms with Gasteiger partial charge in [-0.1, -0.05) is 18.2 Å². The lowest BCUT2D eigenvalue weighted by Gasteiger charge is -2.13. The molecule has 1 saturated heterocycles. The number of nitrogens with zero attached hydrogens (tertiary/aromatic N) is 3. The third-order valence-electron chi connectivity index (χ3n) is 4.70. The molecule has 162 valence electrons. The molecule has 3 amide bonds. The van der Waals surface area contributed by atoms with Crippen LogP contribution < -0.4 is 16.4 Å². The summed E-state index contributed by atoms with van der Waals surface area (Å²) in [6, 6.07) is 9.80. The van der Waals surface area contributed by atoms with Gasteiger partial charge >= 0.3 is 0 Å². The first-order chi connectivity index (χ1) is 15.4. The van der Waals surface area contributed by atoms with Gasteiger partial charge in [0.05, 0.1) is 15.7 Å². The Bertz CT molecular complexity index is 1360. The summed E-state index contributed by atoms with van der Waals surface area (Å²) in [5.41, 5.74) is -0.283. The van der Waals surface area contributed by atoms with Gasteiger partial charge in [0.2, 0.25) is 5.91 Å². The maximum absolute atomic E-state index is 12.5. The first-order valence-electron chi connectivity index (χ1n) is 9.58. The molecule has 32 heavy (non-hydrogen) atoms. The summed E-state index contributed by atoms with van der Waals surface area (Å²) in [7, 11) is 0. The molecular formula is C21H17N5O5S. The molecule has 11 heteroatoms. The van der Waals surface area contributed by atoms with Crippen LogP contribution in [0.25, 0.3) is 16.8 Å². The minimum Gasteiger partial charge on any atom is -0.353 e. The van der Waals surface area contributed by atoms with Crippen molar-refractivity contribution >= 4 is 45.7 Å². The molecule has 1 aliphatic heterocycles. The zero-order valence-electron chi connectivity index (χ0n) is 16.6. The molecule has 0 radical (unpaired) electrons. The highest BCUT2D eigenvalue weighted by Crippen LogP contribution is 2.31. The summed E-state index contributed by atoms with van der Waals surface area (Å²) in [6.07, 6.45) is 4.76. The van der Waals surface area contributed by atoms with Crippen LogP contribution in [0.1, 0.15) is 5.56 Å². The Balaban J connectivity index is 1.37. The van der Waals surface area contributed by atoms with Crippen molar-refractivity contribution in [2.24, 2.45) is 0 Å². The maximum atomic E-state index is 12.5. The fourth-order valence-electron chi connectivity index (χ4n) is 3.17. The Labute approximate surface area is 184 Å². The van der Waals surface area contributed by atoms with Crippen LogP contribution >= 0.6 is 11.8 Å². The van der Waals surface area contributed by atoms with Crippen LogP contribution in [0.3, 0.4) is 0 Å². The van der Waals surface area contributed by atoms with Crippen molar-refractivity contribution in [1.82, 2.24) is 25.0 Å². The Morgan fingerprint density at radius 2 is 1.88 bits per heavy atom. The number of benzene rings is 1. The number of aromatic amines is 1. The molecule has 1 aliphatic rings. The first kappa shape index (κ1) is 21.2. The average molecular weight is 451 g/mol. The van der Waals surface area contributed by atoms with Crippen LogP contribution in [-0.2, 0) is 16.1 Å². The van der Waals surface area contributed by atoms with E-state index in [2.05, 4.69) is 15.4 Å². The van der Waals surface area contributed by atoms with Gasteiger partial charge in [0, 0.05) is 25.5 Å². The lowest BCUT2D eigenvalue weighted by atomic mass is 10.2. The lowest BCUT2D eigenvalue weighted by molar-refractivity contribution is -0.124. The molecule has 0 atom stereocenters. The Kier molecular flexibility index (Phi) is 5.99. The minimum atomic E-state index is -0.545. The van der Waals surface area contributed by atoms with Gasteiger partial charge in [-0.2, -0.15) is 0 Å². The van der Waals surface area contributed by atoms with Gasteiger partial charge in [-0.3, -0.25) is 39.0 Å². The number of thioether (sulfide) groups is 1. The lowest BCUT2D eigenvalue weighted by Crippen LogP contribution is -2.40. The van der Waals surface area contributed by atoms with Gasteiger partial charge in [0.1, 0.15) is 6.54 Å². The van der Waals surface area contributed by atoms with Gasteiger partial charge in [-0.15, -0.1) is 0 Å². The molecule has 0 bridgehead atoms. The second kappa shape index (κ2) is 9.02. The molecule has 4 rings (SSSR count). The van der Waals surface area contributed by atoms with E-state index in [-0.39, 0.29) is 28.8 Å².